The Hall–Kier alpha value is -0.610. The Labute approximate surface area is 92.6 Å². The van der Waals surface area contributed by atoms with Crippen molar-refractivity contribution in [2.45, 2.75) is 39.7 Å². The van der Waals surface area contributed by atoms with Crippen LogP contribution in [0.25, 0.3) is 0 Å². The molecule has 90 valence electrons. The highest BCUT2D eigenvalue weighted by atomic mass is 16.5. The minimum atomic E-state index is -0.0424. The van der Waals surface area contributed by atoms with E-state index in [1.807, 2.05) is 13.8 Å². The minimum absolute atomic E-state index is 0.0424. The summed E-state index contributed by atoms with van der Waals surface area (Å²) in [5.74, 6) is 0.442. The van der Waals surface area contributed by atoms with Crippen LogP contribution in [0.1, 0.15) is 33.6 Å². The van der Waals surface area contributed by atoms with Crippen LogP contribution in [0.5, 0.6) is 0 Å². The first-order valence-corrected chi connectivity index (χ1v) is 5.68. The molecule has 0 saturated heterocycles. The average molecular weight is 216 g/mol. The van der Waals surface area contributed by atoms with Crippen molar-refractivity contribution in [3.63, 3.8) is 0 Å². The van der Waals surface area contributed by atoms with Crippen molar-refractivity contribution >= 4 is 5.91 Å². The van der Waals surface area contributed by atoms with E-state index >= 15 is 0 Å². The molecule has 0 saturated carbocycles. The molecule has 0 spiro atoms. The standard InChI is InChI=1S/C11H24N2O2/c1-4-10(5-6-12)7-13-11(14)8-15-9(2)3/h9-10H,4-8,12H2,1-3H3,(H,13,14). The Balaban J connectivity index is 3.59. The number of carbonyl (C=O) groups excluding carboxylic acids is 1. The van der Waals surface area contributed by atoms with Crippen molar-refractivity contribution in [2.24, 2.45) is 11.7 Å². The van der Waals surface area contributed by atoms with Crippen molar-refractivity contribution in [1.29, 1.82) is 0 Å². The summed E-state index contributed by atoms with van der Waals surface area (Å²) in [5, 5.41) is 2.85. The van der Waals surface area contributed by atoms with E-state index in [0.717, 1.165) is 12.8 Å². The van der Waals surface area contributed by atoms with Crippen LogP contribution < -0.4 is 11.1 Å². The number of carbonyl (C=O) groups is 1. The van der Waals surface area contributed by atoms with Gasteiger partial charge in [0.15, 0.2) is 0 Å². The van der Waals surface area contributed by atoms with Gasteiger partial charge in [-0.15, -0.1) is 0 Å². The van der Waals surface area contributed by atoms with Crippen LogP contribution in [0.2, 0.25) is 0 Å². The van der Waals surface area contributed by atoms with Crippen LogP contribution in [0.4, 0.5) is 0 Å². The van der Waals surface area contributed by atoms with E-state index in [2.05, 4.69) is 12.2 Å². The van der Waals surface area contributed by atoms with Crippen molar-refractivity contribution in [2.75, 3.05) is 19.7 Å². The Morgan fingerprint density at radius 1 is 1.47 bits per heavy atom. The fourth-order valence-electron chi connectivity index (χ4n) is 1.24. The number of hydrogen-bond donors (Lipinski definition) is 2. The number of hydrogen-bond acceptors (Lipinski definition) is 3. The molecular formula is C11H24N2O2. The summed E-state index contributed by atoms with van der Waals surface area (Å²) in [6.07, 6.45) is 2.10. The van der Waals surface area contributed by atoms with Gasteiger partial charge in [0.25, 0.3) is 0 Å². The first kappa shape index (κ1) is 14.4. The minimum Gasteiger partial charge on any atom is -0.369 e. The van der Waals surface area contributed by atoms with Gasteiger partial charge < -0.3 is 15.8 Å². The number of ether oxygens (including phenoxy) is 1. The number of rotatable bonds is 8. The zero-order valence-corrected chi connectivity index (χ0v) is 10.1. The van der Waals surface area contributed by atoms with E-state index < -0.39 is 0 Å². The molecule has 0 radical (unpaired) electrons. The molecule has 0 aromatic heterocycles. The predicted molar refractivity (Wildman–Crippen MR) is 61.6 cm³/mol. The molecule has 0 rings (SSSR count). The van der Waals surface area contributed by atoms with E-state index in [-0.39, 0.29) is 18.6 Å². The molecule has 1 amide bonds. The molecule has 3 N–H and O–H groups in total. The van der Waals surface area contributed by atoms with Gasteiger partial charge in [-0.1, -0.05) is 13.3 Å². The first-order chi connectivity index (χ1) is 7.10. The fraction of sp³-hybridized carbons (Fsp3) is 0.909. The van der Waals surface area contributed by atoms with Gasteiger partial charge in [0.2, 0.25) is 5.91 Å². The topological polar surface area (TPSA) is 64.3 Å². The highest BCUT2D eigenvalue weighted by Gasteiger charge is 2.08. The molecule has 0 bridgehead atoms. The maximum Gasteiger partial charge on any atom is 0.246 e. The summed E-state index contributed by atoms with van der Waals surface area (Å²) in [5.41, 5.74) is 5.47. The zero-order chi connectivity index (χ0) is 11.7. The lowest BCUT2D eigenvalue weighted by Crippen LogP contribution is -2.33. The molecular weight excluding hydrogens is 192 g/mol. The molecule has 0 aliphatic rings. The molecule has 0 aromatic rings. The Bertz CT molecular complexity index is 172. The van der Waals surface area contributed by atoms with Gasteiger partial charge in [0, 0.05) is 6.54 Å². The quantitative estimate of drug-likeness (QED) is 0.633. The third-order valence-electron chi connectivity index (χ3n) is 2.29. The van der Waals surface area contributed by atoms with Gasteiger partial charge in [-0.2, -0.15) is 0 Å². The van der Waals surface area contributed by atoms with Gasteiger partial charge in [-0.05, 0) is 32.7 Å². The Morgan fingerprint density at radius 3 is 2.60 bits per heavy atom. The summed E-state index contributed by atoms with van der Waals surface area (Å²) in [6.45, 7) is 7.46. The molecule has 0 heterocycles. The summed E-state index contributed by atoms with van der Waals surface area (Å²) in [7, 11) is 0. The molecule has 4 heteroatoms. The molecule has 0 aliphatic heterocycles. The number of amides is 1. The van der Waals surface area contributed by atoms with E-state index in [0.29, 0.717) is 19.0 Å². The van der Waals surface area contributed by atoms with E-state index in [4.69, 9.17) is 10.5 Å². The molecule has 15 heavy (non-hydrogen) atoms. The van der Waals surface area contributed by atoms with Gasteiger partial charge in [-0.25, -0.2) is 0 Å². The van der Waals surface area contributed by atoms with E-state index in [1.54, 1.807) is 0 Å². The van der Waals surface area contributed by atoms with Crippen LogP contribution in [-0.2, 0) is 9.53 Å². The largest absolute Gasteiger partial charge is 0.369 e. The van der Waals surface area contributed by atoms with Crippen molar-refractivity contribution in [3.05, 3.63) is 0 Å². The highest BCUT2D eigenvalue weighted by molar-refractivity contribution is 5.77. The molecule has 4 nitrogen and oxygen atoms in total. The predicted octanol–water partition coefficient (Wildman–Crippen LogP) is 0.903. The lowest BCUT2D eigenvalue weighted by Gasteiger charge is -2.15. The Morgan fingerprint density at radius 2 is 2.13 bits per heavy atom. The maximum absolute atomic E-state index is 11.3. The first-order valence-electron chi connectivity index (χ1n) is 5.68. The monoisotopic (exact) mass is 216 g/mol. The molecule has 0 fully saturated rings. The van der Waals surface area contributed by atoms with Gasteiger partial charge >= 0.3 is 0 Å². The Kier molecular flexibility index (Phi) is 8.33. The second-order valence-electron chi connectivity index (χ2n) is 4.02. The van der Waals surface area contributed by atoms with Crippen LogP contribution in [0, 0.1) is 5.92 Å². The fourth-order valence-corrected chi connectivity index (χ4v) is 1.24. The number of nitrogens with one attached hydrogen (secondary N) is 1. The highest BCUT2D eigenvalue weighted by Crippen LogP contribution is 2.04. The second-order valence-corrected chi connectivity index (χ2v) is 4.02. The van der Waals surface area contributed by atoms with Gasteiger partial charge in [0.1, 0.15) is 6.61 Å². The third kappa shape index (κ3) is 8.39. The van der Waals surface area contributed by atoms with Crippen molar-refractivity contribution in [3.8, 4) is 0 Å². The second kappa shape index (κ2) is 8.68. The van der Waals surface area contributed by atoms with Crippen molar-refractivity contribution < 1.29 is 9.53 Å². The van der Waals surface area contributed by atoms with Gasteiger partial charge in [0.05, 0.1) is 6.10 Å². The van der Waals surface area contributed by atoms with Crippen LogP contribution in [0.15, 0.2) is 0 Å². The van der Waals surface area contributed by atoms with E-state index in [9.17, 15) is 4.79 Å². The SMILES string of the molecule is CCC(CCN)CNC(=O)COC(C)C. The average Bonchev–Trinajstić information content (AvgIpc) is 2.21. The van der Waals surface area contributed by atoms with Crippen LogP contribution in [-0.4, -0.2) is 31.7 Å². The number of nitrogens with two attached hydrogens (primary N) is 1. The molecule has 1 unspecified atom stereocenters. The third-order valence-corrected chi connectivity index (χ3v) is 2.29. The van der Waals surface area contributed by atoms with E-state index in [1.165, 1.54) is 0 Å². The summed E-state index contributed by atoms with van der Waals surface area (Å²) in [6, 6.07) is 0. The normalized spacial score (nSPS) is 12.9. The smallest absolute Gasteiger partial charge is 0.246 e. The zero-order valence-electron chi connectivity index (χ0n) is 10.1. The van der Waals surface area contributed by atoms with Gasteiger partial charge in [-0.3, -0.25) is 4.79 Å². The van der Waals surface area contributed by atoms with Crippen LogP contribution in [0.3, 0.4) is 0 Å². The summed E-state index contributed by atoms with van der Waals surface area (Å²) < 4.78 is 5.19. The van der Waals surface area contributed by atoms with Crippen LogP contribution >= 0.6 is 0 Å². The summed E-state index contributed by atoms with van der Waals surface area (Å²) >= 11 is 0. The summed E-state index contributed by atoms with van der Waals surface area (Å²) in [4.78, 5) is 11.3. The molecule has 1 atom stereocenters. The molecule has 0 aromatic carbocycles. The molecule has 0 aliphatic carbocycles. The van der Waals surface area contributed by atoms with Crippen molar-refractivity contribution in [1.82, 2.24) is 5.32 Å². The lowest BCUT2D eigenvalue weighted by molar-refractivity contribution is -0.127. The maximum atomic E-state index is 11.3. The lowest BCUT2D eigenvalue weighted by atomic mass is 10.0.